The summed E-state index contributed by atoms with van der Waals surface area (Å²) in [5.41, 5.74) is 0.244. The molecule has 0 aromatic heterocycles. The molecule has 1 amide bonds. The summed E-state index contributed by atoms with van der Waals surface area (Å²) in [5.74, 6) is -1.70. The number of ether oxygens (including phenoxy) is 1. The van der Waals surface area contributed by atoms with Crippen molar-refractivity contribution in [1.82, 2.24) is 4.90 Å². The van der Waals surface area contributed by atoms with Gasteiger partial charge in [-0.25, -0.2) is 8.42 Å². The van der Waals surface area contributed by atoms with E-state index in [1.54, 1.807) is 6.92 Å². The number of amides is 1. The van der Waals surface area contributed by atoms with Crippen molar-refractivity contribution in [1.29, 1.82) is 0 Å². The second-order valence-corrected chi connectivity index (χ2v) is 6.66. The third-order valence-corrected chi connectivity index (χ3v) is 4.71. The van der Waals surface area contributed by atoms with Crippen LogP contribution in [-0.4, -0.2) is 62.9 Å². The highest BCUT2D eigenvalue weighted by Crippen LogP contribution is 2.14. The number of sulfone groups is 1. The third kappa shape index (κ3) is 4.81. The maximum atomic E-state index is 12.1. The van der Waals surface area contributed by atoms with Gasteiger partial charge in [0.2, 0.25) is 0 Å². The van der Waals surface area contributed by atoms with Crippen LogP contribution in [0.15, 0.2) is 29.2 Å². The van der Waals surface area contributed by atoms with E-state index in [1.165, 1.54) is 31.4 Å². The fourth-order valence-corrected chi connectivity index (χ4v) is 2.96. The molecular weight excluding hydrogens is 310 g/mol. The predicted octanol–water partition coefficient (Wildman–Crippen LogP) is 0.653. The Hall–Kier alpha value is -1.93. The number of carbonyl (C=O) groups excluding carboxylic acids is 1. The molecule has 0 aliphatic heterocycles. The van der Waals surface area contributed by atoms with Gasteiger partial charge in [0.15, 0.2) is 9.84 Å². The van der Waals surface area contributed by atoms with Gasteiger partial charge in [-0.05, 0) is 31.2 Å². The summed E-state index contributed by atoms with van der Waals surface area (Å²) < 4.78 is 28.7. The summed E-state index contributed by atoms with van der Waals surface area (Å²) in [7, 11) is -2.04. The molecule has 0 saturated heterocycles. The van der Waals surface area contributed by atoms with E-state index in [0.717, 1.165) is 4.90 Å². The van der Waals surface area contributed by atoms with E-state index in [-0.39, 0.29) is 29.4 Å². The van der Waals surface area contributed by atoms with Crippen molar-refractivity contribution in [3.8, 4) is 0 Å². The van der Waals surface area contributed by atoms with Gasteiger partial charge in [0.05, 0.1) is 17.3 Å². The minimum Gasteiger partial charge on any atom is -0.480 e. The number of rotatable bonds is 8. The Bertz CT molecular complexity index is 623. The molecule has 0 bridgehead atoms. The van der Waals surface area contributed by atoms with Crippen molar-refractivity contribution < 1.29 is 27.9 Å². The van der Waals surface area contributed by atoms with Gasteiger partial charge in [0.25, 0.3) is 5.91 Å². The van der Waals surface area contributed by atoms with E-state index in [4.69, 9.17) is 9.84 Å². The van der Waals surface area contributed by atoms with Crippen molar-refractivity contribution in [2.75, 3.05) is 32.6 Å². The van der Waals surface area contributed by atoms with Crippen LogP contribution in [0.3, 0.4) is 0 Å². The van der Waals surface area contributed by atoms with Crippen LogP contribution in [0.2, 0.25) is 0 Å². The molecule has 0 saturated carbocycles. The second-order valence-electron chi connectivity index (χ2n) is 4.55. The Labute approximate surface area is 129 Å². The normalized spacial score (nSPS) is 11.2. The zero-order valence-corrected chi connectivity index (χ0v) is 13.3. The lowest BCUT2D eigenvalue weighted by Gasteiger charge is -2.18. The number of carboxylic acid groups (broad SMARTS) is 1. The molecule has 1 rings (SSSR count). The summed E-state index contributed by atoms with van der Waals surface area (Å²) in [4.78, 5) is 24.1. The van der Waals surface area contributed by atoms with Crippen LogP contribution in [0.25, 0.3) is 0 Å². The quantitative estimate of drug-likeness (QED) is 0.751. The Morgan fingerprint density at radius 1 is 1.23 bits per heavy atom. The summed E-state index contributed by atoms with van der Waals surface area (Å²) in [6, 6.07) is 5.44. The van der Waals surface area contributed by atoms with Gasteiger partial charge in [0, 0.05) is 19.2 Å². The lowest BCUT2D eigenvalue weighted by molar-refractivity contribution is -0.137. The highest BCUT2D eigenvalue weighted by atomic mass is 32.2. The van der Waals surface area contributed by atoms with Gasteiger partial charge in [-0.2, -0.15) is 0 Å². The number of methoxy groups -OCH3 is 1. The number of aliphatic carboxylic acids is 1. The van der Waals surface area contributed by atoms with E-state index in [9.17, 15) is 18.0 Å². The first kappa shape index (κ1) is 18.1. The molecule has 0 fully saturated rings. The molecule has 7 nitrogen and oxygen atoms in total. The Morgan fingerprint density at radius 2 is 1.82 bits per heavy atom. The first-order valence-electron chi connectivity index (χ1n) is 6.64. The molecule has 0 radical (unpaired) electrons. The summed E-state index contributed by atoms with van der Waals surface area (Å²) in [6.45, 7) is 1.61. The SMILES string of the molecule is CCN(CC(=O)O)C(=O)c1ccc(S(=O)(=O)CCOC)cc1. The number of carboxylic acids is 1. The smallest absolute Gasteiger partial charge is 0.323 e. The van der Waals surface area contributed by atoms with E-state index in [1.807, 2.05) is 0 Å². The number of hydrogen-bond donors (Lipinski definition) is 1. The number of likely N-dealkylation sites (N-methyl/N-ethyl adjacent to an activating group) is 1. The van der Waals surface area contributed by atoms with E-state index in [0.29, 0.717) is 0 Å². The average molecular weight is 329 g/mol. The molecule has 0 heterocycles. The Kier molecular flexibility index (Phi) is 6.51. The van der Waals surface area contributed by atoms with Crippen molar-refractivity contribution in [2.45, 2.75) is 11.8 Å². The molecule has 0 spiro atoms. The molecular formula is C14H19NO6S. The molecule has 122 valence electrons. The fraction of sp³-hybridized carbons (Fsp3) is 0.429. The number of carbonyl (C=O) groups is 2. The number of benzene rings is 1. The van der Waals surface area contributed by atoms with Crippen LogP contribution < -0.4 is 0 Å². The average Bonchev–Trinajstić information content (AvgIpc) is 2.50. The van der Waals surface area contributed by atoms with Crippen LogP contribution in [0, 0.1) is 0 Å². The molecule has 0 aliphatic rings. The van der Waals surface area contributed by atoms with Crippen molar-refractivity contribution >= 4 is 21.7 Å². The molecule has 1 aromatic carbocycles. The van der Waals surface area contributed by atoms with Crippen LogP contribution >= 0.6 is 0 Å². The Morgan fingerprint density at radius 3 is 2.27 bits per heavy atom. The van der Waals surface area contributed by atoms with Gasteiger partial charge < -0.3 is 14.7 Å². The van der Waals surface area contributed by atoms with Gasteiger partial charge in [-0.3, -0.25) is 9.59 Å². The van der Waals surface area contributed by atoms with Crippen molar-refractivity contribution in [3.05, 3.63) is 29.8 Å². The van der Waals surface area contributed by atoms with Crippen LogP contribution in [0.1, 0.15) is 17.3 Å². The summed E-state index contributed by atoms with van der Waals surface area (Å²) in [5, 5.41) is 8.76. The van der Waals surface area contributed by atoms with Crippen LogP contribution in [-0.2, 0) is 19.4 Å². The zero-order chi connectivity index (χ0) is 16.8. The summed E-state index contributed by atoms with van der Waals surface area (Å²) in [6.07, 6.45) is 0. The molecule has 0 atom stereocenters. The van der Waals surface area contributed by atoms with Gasteiger partial charge >= 0.3 is 5.97 Å². The first-order valence-corrected chi connectivity index (χ1v) is 8.30. The molecule has 22 heavy (non-hydrogen) atoms. The van der Waals surface area contributed by atoms with Crippen LogP contribution in [0.5, 0.6) is 0 Å². The topological polar surface area (TPSA) is 101 Å². The lowest BCUT2D eigenvalue weighted by atomic mass is 10.2. The first-order chi connectivity index (χ1) is 10.3. The molecule has 1 aromatic rings. The maximum absolute atomic E-state index is 12.1. The molecule has 0 unspecified atom stereocenters. The van der Waals surface area contributed by atoms with Crippen molar-refractivity contribution in [3.63, 3.8) is 0 Å². The third-order valence-electron chi connectivity index (χ3n) is 3.01. The maximum Gasteiger partial charge on any atom is 0.323 e. The molecule has 1 N–H and O–H groups in total. The number of hydrogen-bond acceptors (Lipinski definition) is 5. The van der Waals surface area contributed by atoms with Gasteiger partial charge in [-0.15, -0.1) is 0 Å². The van der Waals surface area contributed by atoms with E-state index in [2.05, 4.69) is 0 Å². The zero-order valence-electron chi connectivity index (χ0n) is 12.5. The highest BCUT2D eigenvalue weighted by Gasteiger charge is 2.19. The summed E-state index contributed by atoms with van der Waals surface area (Å²) >= 11 is 0. The molecule has 8 heteroatoms. The Balaban J connectivity index is 2.92. The molecule has 0 aliphatic carbocycles. The number of nitrogens with zero attached hydrogens (tertiary/aromatic N) is 1. The van der Waals surface area contributed by atoms with E-state index < -0.39 is 28.3 Å². The lowest BCUT2D eigenvalue weighted by Crippen LogP contribution is -2.35. The van der Waals surface area contributed by atoms with E-state index >= 15 is 0 Å². The highest BCUT2D eigenvalue weighted by molar-refractivity contribution is 7.91. The predicted molar refractivity (Wildman–Crippen MR) is 79.6 cm³/mol. The second kappa shape index (κ2) is 7.90. The van der Waals surface area contributed by atoms with Gasteiger partial charge in [0.1, 0.15) is 6.54 Å². The standard InChI is InChI=1S/C14H19NO6S/c1-3-15(10-13(16)17)14(18)11-4-6-12(7-5-11)22(19,20)9-8-21-2/h4-7H,3,8-10H2,1-2H3,(H,16,17). The minimum atomic E-state index is -3.45. The van der Waals surface area contributed by atoms with Crippen molar-refractivity contribution in [2.24, 2.45) is 0 Å². The van der Waals surface area contributed by atoms with Crippen LogP contribution in [0.4, 0.5) is 0 Å². The minimum absolute atomic E-state index is 0.0885. The fourth-order valence-electron chi connectivity index (χ4n) is 1.79. The van der Waals surface area contributed by atoms with Gasteiger partial charge in [-0.1, -0.05) is 0 Å². The largest absolute Gasteiger partial charge is 0.480 e. The monoisotopic (exact) mass is 329 g/mol.